The SMILES string of the molecule is C=CCN1CCC23CCCCC2C1Cc1ccc(OC)cc13. The Bertz CT molecular complexity index is 581. The van der Waals surface area contributed by atoms with Gasteiger partial charge < -0.3 is 4.74 Å². The van der Waals surface area contributed by atoms with Gasteiger partial charge in [-0.2, -0.15) is 0 Å². The fraction of sp³-hybridized carbons (Fsp3) is 0.600. The van der Waals surface area contributed by atoms with Crippen LogP contribution in [-0.2, 0) is 11.8 Å². The summed E-state index contributed by atoms with van der Waals surface area (Å²) in [5.41, 5.74) is 3.60. The number of rotatable bonds is 3. The molecule has 1 heterocycles. The molecule has 0 aromatic heterocycles. The third-order valence-electron chi connectivity index (χ3n) is 6.52. The molecule has 0 radical (unpaired) electrons. The lowest BCUT2D eigenvalue weighted by molar-refractivity contribution is -0.00517. The maximum atomic E-state index is 5.53. The normalized spacial score (nSPS) is 33.7. The van der Waals surface area contributed by atoms with Crippen LogP contribution in [0, 0.1) is 5.92 Å². The Morgan fingerprint density at radius 3 is 3.09 bits per heavy atom. The summed E-state index contributed by atoms with van der Waals surface area (Å²) in [5, 5.41) is 0. The topological polar surface area (TPSA) is 12.5 Å². The highest BCUT2D eigenvalue weighted by Crippen LogP contribution is 2.56. The summed E-state index contributed by atoms with van der Waals surface area (Å²) >= 11 is 0. The molecule has 2 aliphatic carbocycles. The quantitative estimate of drug-likeness (QED) is 0.784. The van der Waals surface area contributed by atoms with Gasteiger partial charge in [-0.25, -0.2) is 0 Å². The first-order valence-electron chi connectivity index (χ1n) is 8.81. The van der Waals surface area contributed by atoms with E-state index in [-0.39, 0.29) is 0 Å². The van der Waals surface area contributed by atoms with E-state index in [2.05, 4.69) is 35.8 Å². The maximum Gasteiger partial charge on any atom is 0.119 e. The van der Waals surface area contributed by atoms with Gasteiger partial charge in [0.05, 0.1) is 7.11 Å². The van der Waals surface area contributed by atoms with Crippen LogP contribution in [0.4, 0.5) is 0 Å². The van der Waals surface area contributed by atoms with Gasteiger partial charge in [-0.1, -0.05) is 25.0 Å². The molecule has 3 unspecified atom stereocenters. The Morgan fingerprint density at radius 2 is 2.27 bits per heavy atom. The molecule has 0 N–H and O–H groups in total. The van der Waals surface area contributed by atoms with Crippen LogP contribution in [-0.4, -0.2) is 31.1 Å². The van der Waals surface area contributed by atoms with E-state index in [1.54, 1.807) is 18.2 Å². The molecule has 1 saturated carbocycles. The average Bonchev–Trinajstić information content (AvgIpc) is 2.57. The summed E-state index contributed by atoms with van der Waals surface area (Å²) in [6, 6.07) is 7.54. The number of hydrogen-bond acceptors (Lipinski definition) is 2. The number of likely N-dealkylation sites (tertiary alicyclic amines) is 1. The number of nitrogens with zero attached hydrogens (tertiary/aromatic N) is 1. The van der Waals surface area contributed by atoms with Crippen molar-refractivity contribution in [1.82, 2.24) is 4.90 Å². The molecule has 1 saturated heterocycles. The van der Waals surface area contributed by atoms with Crippen LogP contribution in [0.1, 0.15) is 43.2 Å². The van der Waals surface area contributed by atoms with Gasteiger partial charge in [0.1, 0.15) is 5.75 Å². The number of benzene rings is 1. The zero-order valence-electron chi connectivity index (χ0n) is 13.7. The molecule has 118 valence electrons. The van der Waals surface area contributed by atoms with Gasteiger partial charge in [0.25, 0.3) is 0 Å². The van der Waals surface area contributed by atoms with Gasteiger partial charge >= 0.3 is 0 Å². The smallest absolute Gasteiger partial charge is 0.119 e. The highest BCUT2D eigenvalue weighted by molar-refractivity contribution is 5.45. The Hall–Kier alpha value is -1.28. The van der Waals surface area contributed by atoms with E-state index in [1.165, 1.54) is 45.1 Å². The van der Waals surface area contributed by atoms with Crippen molar-refractivity contribution in [1.29, 1.82) is 0 Å². The summed E-state index contributed by atoms with van der Waals surface area (Å²) in [6.07, 6.45) is 10.2. The first-order valence-corrected chi connectivity index (χ1v) is 8.81. The molecule has 1 aromatic carbocycles. The van der Waals surface area contributed by atoms with Gasteiger partial charge in [-0.05, 0) is 61.4 Å². The number of methoxy groups -OCH3 is 1. The van der Waals surface area contributed by atoms with Gasteiger partial charge in [0, 0.05) is 18.0 Å². The molecule has 4 rings (SSSR count). The molecule has 3 atom stereocenters. The second-order valence-corrected chi connectivity index (χ2v) is 7.34. The van der Waals surface area contributed by atoms with Crippen LogP contribution >= 0.6 is 0 Å². The van der Waals surface area contributed by atoms with Crippen molar-refractivity contribution < 1.29 is 4.74 Å². The van der Waals surface area contributed by atoms with Crippen molar-refractivity contribution in [3.05, 3.63) is 42.0 Å². The number of piperidine rings is 1. The van der Waals surface area contributed by atoms with E-state index in [0.717, 1.165) is 18.2 Å². The lowest BCUT2D eigenvalue weighted by atomic mass is 9.52. The lowest BCUT2D eigenvalue weighted by Crippen LogP contribution is -2.60. The second kappa shape index (κ2) is 5.42. The molecular formula is C20H27NO. The molecule has 2 nitrogen and oxygen atoms in total. The van der Waals surface area contributed by atoms with Crippen LogP contribution in [0.3, 0.4) is 0 Å². The predicted octanol–water partition coefficient (Wildman–Crippen LogP) is 3.94. The highest BCUT2D eigenvalue weighted by atomic mass is 16.5. The fourth-order valence-corrected chi connectivity index (χ4v) is 5.58. The van der Waals surface area contributed by atoms with E-state index in [9.17, 15) is 0 Å². The number of ether oxygens (including phenoxy) is 1. The van der Waals surface area contributed by atoms with E-state index < -0.39 is 0 Å². The zero-order chi connectivity index (χ0) is 15.2. The number of hydrogen-bond donors (Lipinski definition) is 0. The Morgan fingerprint density at radius 1 is 1.36 bits per heavy atom. The molecule has 1 aliphatic heterocycles. The summed E-state index contributed by atoms with van der Waals surface area (Å²) in [4.78, 5) is 2.69. The van der Waals surface area contributed by atoms with E-state index in [4.69, 9.17) is 4.74 Å². The zero-order valence-corrected chi connectivity index (χ0v) is 13.7. The third kappa shape index (κ3) is 1.96. The second-order valence-electron chi connectivity index (χ2n) is 7.34. The highest BCUT2D eigenvalue weighted by Gasteiger charge is 2.53. The van der Waals surface area contributed by atoms with E-state index in [1.807, 2.05) is 0 Å². The summed E-state index contributed by atoms with van der Waals surface area (Å²) < 4.78 is 5.53. The van der Waals surface area contributed by atoms with Gasteiger partial charge in [-0.15, -0.1) is 6.58 Å². The standard InChI is InChI=1S/C20H27NO/c1-3-11-21-12-10-20-9-5-4-6-17(20)19(21)13-15-7-8-16(22-2)14-18(15)20/h3,7-8,14,17,19H,1,4-6,9-13H2,2H3. The van der Waals surface area contributed by atoms with Crippen LogP contribution in [0.2, 0.25) is 0 Å². The van der Waals surface area contributed by atoms with Crippen LogP contribution in [0.15, 0.2) is 30.9 Å². The molecular weight excluding hydrogens is 270 g/mol. The van der Waals surface area contributed by atoms with Crippen molar-refractivity contribution >= 4 is 0 Å². The Balaban J connectivity index is 1.82. The molecule has 2 bridgehead atoms. The van der Waals surface area contributed by atoms with Gasteiger partial charge in [0.15, 0.2) is 0 Å². The number of fused-ring (bicyclic) bond motifs is 1. The monoisotopic (exact) mass is 297 g/mol. The predicted molar refractivity (Wildman–Crippen MR) is 90.5 cm³/mol. The van der Waals surface area contributed by atoms with Crippen molar-refractivity contribution in [3.63, 3.8) is 0 Å². The minimum absolute atomic E-state index is 0.419. The lowest BCUT2D eigenvalue weighted by Gasteiger charge is -2.59. The summed E-state index contributed by atoms with van der Waals surface area (Å²) in [7, 11) is 1.79. The average molecular weight is 297 g/mol. The molecule has 1 aromatic rings. The van der Waals surface area contributed by atoms with E-state index >= 15 is 0 Å². The van der Waals surface area contributed by atoms with Crippen molar-refractivity contribution in [2.75, 3.05) is 20.2 Å². The van der Waals surface area contributed by atoms with Gasteiger partial charge in [0.2, 0.25) is 0 Å². The first kappa shape index (κ1) is 14.3. The van der Waals surface area contributed by atoms with Gasteiger partial charge in [-0.3, -0.25) is 4.90 Å². The third-order valence-corrected chi connectivity index (χ3v) is 6.52. The van der Waals surface area contributed by atoms with E-state index in [0.29, 0.717) is 11.5 Å². The summed E-state index contributed by atoms with van der Waals surface area (Å²) in [6.45, 7) is 6.24. The van der Waals surface area contributed by atoms with Crippen LogP contribution in [0.25, 0.3) is 0 Å². The fourth-order valence-electron chi connectivity index (χ4n) is 5.58. The maximum absolute atomic E-state index is 5.53. The van der Waals surface area contributed by atoms with Crippen molar-refractivity contribution in [3.8, 4) is 5.75 Å². The molecule has 2 heteroatoms. The first-order chi connectivity index (χ1) is 10.8. The molecule has 0 amide bonds. The molecule has 22 heavy (non-hydrogen) atoms. The Kier molecular flexibility index (Phi) is 3.53. The largest absolute Gasteiger partial charge is 0.497 e. The minimum atomic E-state index is 0.419. The Labute approximate surface area is 134 Å². The molecule has 2 fully saturated rings. The van der Waals surface area contributed by atoms with Crippen molar-refractivity contribution in [2.24, 2.45) is 5.92 Å². The van der Waals surface area contributed by atoms with Crippen LogP contribution in [0.5, 0.6) is 5.75 Å². The molecule has 3 aliphatic rings. The minimum Gasteiger partial charge on any atom is -0.497 e. The van der Waals surface area contributed by atoms with Crippen LogP contribution < -0.4 is 4.74 Å². The summed E-state index contributed by atoms with van der Waals surface area (Å²) in [5.74, 6) is 1.86. The molecule has 0 spiro atoms. The van der Waals surface area contributed by atoms with Crippen molar-refractivity contribution in [2.45, 2.75) is 50.0 Å².